The highest BCUT2D eigenvalue weighted by Gasteiger charge is 2.39. The van der Waals surface area contributed by atoms with Crippen molar-refractivity contribution < 1.29 is 16.8 Å². The Morgan fingerprint density at radius 1 is 1.12 bits per heavy atom. The van der Waals surface area contributed by atoms with Crippen molar-refractivity contribution in [1.82, 2.24) is 4.31 Å². The largest absolute Gasteiger partial charge is 0.229 e. The zero-order chi connectivity index (χ0) is 12.7. The van der Waals surface area contributed by atoms with E-state index < -0.39 is 25.1 Å². The van der Waals surface area contributed by atoms with E-state index in [0.29, 0.717) is 13.1 Å². The van der Waals surface area contributed by atoms with Crippen molar-refractivity contribution in [2.45, 2.75) is 29.3 Å². The van der Waals surface area contributed by atoms with Crippen LogP contribution >= 0.6 is 15.9 Å². The van der Waals surface area contributed by atoms with Crippen molar-refractivity contribution in [3.63, 3.8) is 0 Å². The van der Waals surface area contributed by atoms with Gasteiger partial charge in [0.15, 0.2) is 0 Å². The Labute approximate surface area is 111 Å². The summed E-state index contributed by atoms with van der Waals surface area (Å²) in [5.74, 6) is 0.00492. The number of sulfonamides is 1. The van der Waals surface area contributed by atoms with Gasteiger partial charge in [-0.15, -0.1) is 0 Å². The number of nitrogens with zero attached hydrogens (tertiary/aromatic N) is 1. The quantitative estimate of drug-likeness (QED) is 0.677. The molecule has 0 N–H and O–H groups in total. The maximum absolute atomic E-state index is 12.3. The van der Waals surface area contributed by atoms with Crippen LogP contribution in [0.15, 0.2) is 0 Å². The van der Waals surface area contributed by atoms with Gasteiger partial charge in [-0.3, -0.25) is 0 Å². The minimum absolute atomic E-state index is 0.00246. The van der Waals surface area contributed by atoms with Crippen LogP contribution < -0.4 is 0 Å². The molecule has 2 heterocycles. The smallest absolute Gasteiger partial charge is 0.217 e. The summed E-state index contributed by atoms with van der Waals surface area (Å²) in [6.45, 7) is 1.05. The zero-order valence-corrected chi connectivity index (χ0v) is 12.6. The topological polar surface area (TPSA) is 71.5 Å². The maximum Gasteiger partial charge on any atom is 0.217 e. The fourth-order valence-electron chi connectivity index (χ4n) is 2.30. The Morgan fingerprint density at radius 2 is 1.71 bits per heavy atom. The Balaban J connectivity index is 2.07. The monoisotopic (exact) mass is 345 g/mol. The Hall–Kier alpha value is 0.340. The second kappa shape index (κ2) is 4.79. The number of halogens is 1. The molecule has 2 aliphatic heterocycles. The molecule has 0 radical (unpaired) electrons. The summed E-state index contributed by atoms with van der Waals surface area (Å²) in [5, 5.41) is -0.510. The molecule has 5 nitrogen and oxygen atoms in total. The first kappa shape index (κ1) is 13.8. The van der Waals surface area contributed by atoms with Crippen LogP contribution in [0.4, 0.5) is 0 Å². The van der Waals surface area contributed by atoms with Gasteiger partial charge in [-0.1, -0.05) is 15.9 Å². The van der Waals surface area contributed by atoms with Crippen LogP contribution in [-0.2, 0) is 19.9 Å². The third kappa shape index (κ3) is 3.02. The van der Waals surface area contributed by atoms with E-state index in [1.807, 2.05) is 0 Å². The van der Waals surface area contributed by atoms with Crippen molar-refractivity contribution in [2.24, 2.45) is 0 Å². The molecule has 0 aromatic carbocycles. The number of rotatable bonds is 2. The van der Waals surface area contributed by atoms with E-state index in [-0.39, 0.29) is 29.2 Å². The molecule has 2 fully saturated rings. The average Bonchev–Trinajstić information content (AvgIpc) is 2.65. The van der Waals surface area contributed by atoms with Gasteiger partial charge in [-0.05, 0) is 19.3 Å². The molecular weight excluding hydrogens is 330 g/mol. The lowest BCUT2D eigenvalue weighted by Gasteiger charge is -2.26. The van der Waals surface area contributed by atoms with Crippen molar-refractivity contribution in [3.8, 4) is 0 Å². The number of alkyl halides is 1. The lowest BCUT2D eigenvalue weighted by molar-refractivity contribution is 0.458. The molecule has 0 aromatic heterocycles. The molecule has 8 heteroatoms. The fourth-order valence-corrected chi connectivity index (χ4v) is 6.83. The summed E-state index contributed by atoms with van der Waals surface area (Å²) in [5.41, 5.74) is 0. The van der Waals surface area contributed by atoms with E-state index >= 15 is 0 Å². The molecule has 0 aromatic rings. The minimum Gasteiger partial charge on any atom is -0.229 e. The summed E-state index contributed by atoms with van der Waals surface area (Å²) in [6.07, 6.45) is 1.31. The third-order valence-electron chi connectivity index (χ3n) is 3.38. The second-order valence-corrected chi connectivity index (χ2v) is 10.5. The molecule has 2 aliphatic rings. The SMILES string of the molecule is O=S1(=O)CCC(S(=O)(=O)N2CCC(Br)C2)CC1. The predicted molar refractivity (Wildman–Crippen MR) is 69.5 cm³/mol. The van der Waals surface area contributed by atoms with E-state index in [4.69, 9.17) is 0 Å². The van der Waals surface area contributed by atoms with E-state index in [9.17, 15) is 16.8 Å². The van der Waals surface area contributed by atoms with Crippen molar-refractivity contribution >= 4 is 35.8 Å². The fraction of sp³-hybridized carbons (Fsp3) is 1.00. The van der Waals surface area contributed by atoms with Crippen LogP contribution in [0.25, 0.3) is 0 Å². The molecule has 17 heavy (non-hydrogen) atoms. The molecule has 1 unspecified atom stereocenters. The highest BCUT2D eigenvalue weighted by molar-refractivity contribution is 9.09. The molecule has 2 rings (SSSR count). The molecule has 0 saturated carbocycles. The number of hydrogen-bond acceptors (Lipinski definition) is 4. The molecule has 100 valence electrons. The van der Waals surface area contributed by atoms with Gasteiger partial charge in [0.05, 0.1) is 16.8 Å². The van der Waals surface area contributed by atoms with Gasteiger partial charge < -0.3 is 0 Å². The van der Waals surface area contributed by atoms with E-state index in [0.717, 1.165) is 6.42 Å². The summed E-state index contributed by atoms with van der Waals surface area (Å²) in [7, 11) is -6.31. The summed E-state index contributed by atoms with van der Waals surface area (Å²) in [4.78, 5) is 0.226. The highest BCUT2D eigenvalue weighted by atomic mass is 79.9. The van der Waals surface area contributed by atoms with Gasteiger partial charge in [0.2, 0.25) is 10.0 Å². The Kier molecular flexibility index (Phi) is 3.88. The average molecular weight is 346 g/mol. The first-order chi connectivity index (χ1) is 7.81. The molecule has 0 aliphatic carbocycles. The summed E-state index contributed by atoms with van der Waals surface area (Å²) < 4.78 is 48.6. The summed E-state index contributed by atoms with van der Waals surface area (Å²) >= 11 is 3.41. The predicted octanol–water partition coefficient (Wildman–Crippen LogP) is 0.363. The van der Waals surface area contributed by atoms with Gasteiger partial charge in [0, 0.05) is 17.9 Å². The van der Waals surface area contributed by atoms with Crippen LogP contribution in [0, 0.1) is 0 Å². The first-order valence-electron chi connectivity index (χ1n) is 5.65. The standard InChI is InChI=1S/C9H16BrNO4S2/c10-8-1-4-11(7-8)17(14,15)9-2-5-16(12,13)6-3-9/h8-9H,1-7H2. The first-order valence-corrected chi connectivity index (χ1v) is 9.89. The van der Waals surface area contributed by atoms with Crippen molar-refractivity contribution in [1.29, 1.82) is 0 Å². The van der Waals surface area contributed by atoms with Gasteiger partial charge in [0.1, 0.15) is 9.84 Å². The highest BCUT2D eigenvalue weighted by Crippen LogP contribution is 2.27. The maximum atomic E-state index is 12.3. The van der Waals surface area contributed by atoms with Crippen LogP contribution in [0.5, 0.6) is 0 Å². The molecule has 2 saturated heterocycles. The van der Waals surface area contributed by atoms with Gasteiger partial charge in [-0.25, -0.2) is 21.1 Å². The van der Waals surface area contributed by atoms with Gasteiger partial charge in [0.25, 0.3) is 0 Å². The van der Waals surface area contributed by atoms with Crippen LogP contribution in [0.1, 0.15) is 19.3 Å². The lowest BCUT2D eigenvalue weighted by atomic mass is 10.2. The third-order valence-corrected chi connectivity index (χ3v) is 8.20. The Morgan fingerprint density at radius 3 is 2.18 bits per heavy atom. The second-order valence-electron chi connectivity index (χ2n) is 4.64. The molecule has 0 bridgehead atoms. The van der Waals surface area contributed by atoms with E-state index in [1.54, 1.807) is 0 Å². The van der Waals surface area contributed by atoms with Crippen LogP contribution in [-0.4, -0.2) is 55.8 Å². The number of sulfone groups is 1. The van der Waals surface area contributed by atoms with E-state index in [2.05, 4.69) is 15.9 Å². The molecule has 1 atom stereocenters. The zero-order valence-electron chi connectivity index (χ0n) is 9.38. The lowest BCUT2D eigenvalue weighted by Crippen LogP contribution is -2.41. The van der Waals surface area contributed by atoms with E-state index in [1.165, 1.54) is 4.31 Å². The molecular formula is C9H16BrNO4S2. The van der Waals surface area contributed by atoms with Crippen molar-refractivity contribution in [2.75, 3.05) is 24.6 Å². The normalized spacial score (nSPS) is 31.7. The minimum atomic E-state index is -3.31. The summed E-state index contributed by atoms with van der Waals surface area (Å²) in [6, 6.07) is 0. The van der Waals surface area contributed by atoms with Crippen LogP contribution in [0.2, 0.25) is 0 Å². The van der Waals surface area contributed by atoms with Crippen molar-refractivity contribution in [3.05, 3.63) is 0 Å². The molecule has 0 spiro atoms. The van der Waals surface area contributed by atoms with Gasteiger partial charge in [-0.2, -0.15) is 0 Å². The van der Waals surface area contributed by atoms with Gasteiger partial charge >= 0.3 is 0 Å². The van der Waals surface area contributed by atoms with Crippen LogP contribution in [0.3, 0.4) is 0 Å². The molecule has 0 amide bonds. The Bertz CT molecular complexity index is 473. The number of hydrogen-bond donors (Lipinski definition) is 0.